The molecule has 0 aromatic carbocycles. The zero-order valence-electron chi connectivity index (χ0n) is 6.06. The lowest BCUT2D eigenvalue weighted by atomic mass is 10.4. The molecule has 0 aromatic rings. The number of rotatable bonds is 2. The molecule has 0 fully saturated rings. The van der Waals surface area contributed by atoms with Crippen molar-refractivity contribution < 1.29 is 0 Å². The lowest BCUT2D eigenvalue weighted by Gasteiger charge is -1.91. The summed E-state index contributed by atoms with van der Waals surface area (Å²) in [5.41, 5.74) is 0. The second kappa shape index (κ2) is 6.04. The fourth-order valence-corrected chi connectivity index (χ4v) is 1.43. The van der Waals surface area contributed by atoms with Gasteiger partial charge in [-0.1, -0.05) is 13.3 Å². The van der Waals surface area contributed by atoms with Crippen LogP contribution in [0.25, 0.3) is 0 Å². The van der Waals surface area contributed by atoms with E-state index < -0.39 is 0 Å². The maximum atomic E-state index is 4.09. The first-order valence-electron chi connectivity index (χ1n) is 3.06. The van der Waals surface area contributed by atoms with Gasteiger partial charge in [0.2, 0.25) is 0 Å². The fraction of sp³-hybridized carbons (Fsp3) is 0.667. The molecule has 0 atom stereocenters. The molecule has 0 radical (unpaired) electrons. The summed E-state index contributed by atoms with van der Waals surface area (Å²) >= 11 is 6.50. The highest BCUT2D eigenvalue weighted by atomic mass is 79.9. The molecule has 0 spiro atoms. The highest BCUT2D eigenvalue weighted by Crippen LogP contribution is 2.02. The Labute approximate surface area is 78.1 Å². The first kappa shape index (κ1) is 10.3. The normalized spacial score (nSPS) is 14.0. The average molecular weight is 270 g/mol. The lowest BCUT2D eigenvalue weighted by molar-refractivity contribution is 1.01. The van der Waals surface area contributed by atoms with Crippen molar-refractivity contribution in [1.82, 2.24) is 0 Å². The van der Waals surface area contributed by atoms with Crippen LogP contribution in [0.4, 0.5) is 0 Å². The number of nitrogens with zero attached hydrogens (tertiary/aromatic N) is 2. The highest BCUT2D eigenvalue weighted by Gasteiger charge is 1.92. The molecule has 4 heteroatoms. The Balaban J connectivity index is 3.90. The van der Waals surface area contributed by atoms with Gasteiger partial charge in [0.15, 0.2) is 4.74 Å². The van der Waals surface area contributed by atoms with Crippen LogP contribution < -0.4 is 0 Å². The van der Waals surface area contributed by atoms with Crippen molar-refractivity contribution in [2.24, 2.45) is 9.98 Å². The van der Waals surface area contributed by atoms with Crippen molar-refractivity contribution in [2.45, 2.75) is 19.8 Å². The van der Waals surface area contributed by atoms with Gasteiger partial charge in [-0.25, -0.2) is 4.99 Å². The number of hydrogen-bond donors (Lipinski definition) is 0. The van der Waals surface area contributed by atoms with E-state index in [1.165, 1.54) is 0 Å². The molecule has 0 aliphatic carbocycles. The second-order valence-corrected chi connectivity index (χ2v) is 3.36. The largest absolute Gasteiger partial charge is 0.264 e. The van der Waals surface area contributed by atoms with E-state index in [2.05, 4.69) is 48.8 Å². The van der Waals surface area contributed by atoms with E-state index in [1.807, 2.05) is 0 Å². The van der Waals surface area contributed by atoms with Crippen LogP contribution in [0.15, 0.2) is 9.98 Å². The van der Waals surface area contributed by atoms with Crippen LogP contribution in [-0.2, 0) is 0 Å². The maximum absolute atomic E-state index is 4.09. The topological polar surface area (TPSA) is 24.7 Å². The Morgan fingerprint density at radius 2 is 2.00 bits per heavy atom. The zero-order valence-corrected chi connectivity index (χ0v) is 9.24. The van der Waals surface area contributed by atoms with Crippen LogP contribution in [0.2, 0.25) is 0 Å². The number of amidine groups is 1. The van der Waals surface area contributed by atoms with Crippen molar-refractivity contribution in [2.75, 3.05) is 7.05 Å². The SMILES string of the molecule is CCCC(Br)=NC(Br)=NC. The van der Waals surface area contributed by atoms with Gasteiger partial charge in [-0.05, 0) is 38.3 Å². The molecule has 58 valence electrons. The second-order valence-electron chi connectivity index (χ2n) is 1.73. The predicted molar refractivity (Wildman–Crippen MR) is 53.6 cm³/mol. The van der Waals surface area contributed by atoms with E-state index in [0.29, 0.717) is 4.74 Å². The number of aliphatic imine (C=N–C) groups is 2. The third kappa shape index (κ3) is 5.11. The van der Waals surface area contributed by atoms with Crippen LogP contribution in [-0.4, -0.2) is 16.4 Å². The van der Waals surface area contributed by atoms with Gasteiger partial charge in [0.25, 0.3) is 0 Å². The molecule has 0 aliphatic rings. The van der Waals surface area contributed by atoms with Gasteiger partial charge in [-0.2, -0.15) is 0 Å². The third-order valence-corrected chi connectivity index (χ3v) is 1.96. The first-order chi connectivity index (χ1) is 4.70. The van der Waals surface area contributed by atoms with Crippen LogP contribution in [0, 0.1) is 0 Å². The first-order valence-corrected chi connectivity index (χ1v) is 4.64. The fourth-order valence-electron chi connectivity index (χ4n) is 0.412. The van der Waals surface area contributed by atoms with Crippen molar-refractivity contribution in [3.63, 3.8) is 0 Å². The molecular formula is C6H10Br2N2. The predicted octanol–water partition coefficient (Wildman–Crippen LogP) is 2.96. The molecule has 2 nitrogen and oxygen atoms in total. The van der Waals surface area contributed by atoms with E-state index >= 15 is 0 Å². The molecule has 0 N–H and O–H groups in total. The summed E-state index contributed by atoms with van der Waals surface area (Å²) < 4.78 is 1.57. The van der Waals surface area contributed by atoms with Crippen molar-refractivity contribution in [1.29, 1.82) is 0 Å². The molecule has 0 unspecified atom stereocenters. The Hall–Kier alpha value is 0.300. The summed E-state index contributed by atoms with van der Waals surface area (Å²) in [6, 6.07) is 0. The summed E-state index contributed by atoms with van der Waals surface area (Å²) in [5.74, 6) is 0. The minimum absolute atomic E-state index is 0.632. The van der Waals surface area contributed by atoms with E-state index in [9.17, 15) is 0 Å². The van der Waals surface area contributed by atoms with Crippen molar-refractivity contribution in [3.05, 3.63) is 0 Å². The highest BCUT2D eigenvalue weighted by molar-refractivity contribution is 9.19. The summed E-state index contributed by atoms with van der Waals surface area (Å²) in [6.07, 6.45) is 2.05. The van der Waals surface area contributed by atoms with Crippen LogP contribution >= 0.6 is 31.9 Å². The quantitative estimate of drug-likeness (QED) is 0.418. The van der Waals surface area contributed by atoms with Gasteiger partial charge in [-0.3, -0.25) is 4.99 Å². The number of halogens is 2. The minimum atomic E-state index is 0.632. The van der Waals surface area contributed by atoms with E-state index in [4.69, 9.17) is 0 Å². The molecule has 0 rings (SSSR count). The van der Waals surface area contributed by atoms with Gasteiger partial charge in [0, 0.05) is 7.05 Å². The third-order valence-electron chi connectivity index (χ3n) is 0.854. The van der Waals surface area contributed by atoms with Crippen LogP contribution in [0.3, 0.4) is 0 Å². The van der Waals surface area contributed by atoms with Crippen LogP contribution in [0.1, 0.15) is 19.8 Å². The average Bonchev–Trinajstić information content (AvgIpc) is 1.88. The molecule has 0 aliphatic heterocycles. The molecular weight excluding hydrogens is 260 g/mol. The zero-order chi connectivity index (χ0) is 7.98. The number of hydrogen-bond acceptors (Lipinski definition) is 1. The summed E-state index contributed by atoms with van der Waals surface area (Å²) in [6.45, 7) is 2.10. The van der Waals surface area contributed by atoms with Gasteiger partial charge in [0.1, 0.15) is 0 Å². The molecule has 0 saturated carbocycles. The summed E-state index contributed by atoms with van der Waals surface area (Å²) in [5, 5.41) is 0. The van der Waals surface area contributed by atoms with E-state index in [-0.39, 0.29) is 0 Å². The van der Waals surface area contributed by atoms with Crippen LogP contribution in [0.5, 0.6) is 0 Å². The van der Waals surface area contributed by atoms with Gasteiger partial charge >= 0.3 is 0 Å². The molecule has 0 saturated heterocycles. The van der Waals surface area contributed by atoms with Crippen molar-refractivity contribution >= 4 is 41.2 Å². The minimum Gasteiger partial charge on any atom is -0.264 e. The van der Waals surface area contributed by atoms with E-state index in [0.717, 1.165) is 17.5 Å². The molecule has 0 heterocycles. The molecule has 0 amide bonds. The molecule has 0 aromatic heterocycles. The summed E-state index contributed by atoms with van der Waals surface area (Å²) in [7, 11) is 1.69. The Morgan fingerprint density at radius 1 is 1.40 bits per heavy atom. The summed E-state index contributed by atoms with van der Waals surface area (Å²) in [4.78, 5) is 7.91. The lowest BCUT2D eigenvalue weighted by Crippen LogP contribution is -1.89. The molecule has 0 bridgehead atoms. The van der Waals surface area contributed by atoms with Gasteiger partial charge in [-0.15, -0.1) is 0 Å². The Morgan fingerprint density at radius 3 is 2.40 bits per heavy atom. The van der Waals surface area contributed by atoms with Crippen molar-refractivity contribution in [3.8, 4) is 0 Å². The van der Waals surface area contributed by atoms with Gasteiger partial charge < -0.3 is 0 Å². The standard InChI is InChI=1S/C6H10Br2N2/c1-3-4-5(7)10-6(8)9-2/h3-4H2,1-2H3. The Kier molecular flexibility index (Phi) is 6.22. The Bertz CT molecular complexity index is 152. The molecule has 10 heavy (non-hydrogen) atoms. The van der Waals surface area contributed by atoms with E-state index in [1.54, 1.807) is 7.05 Å². The maximum Gasteiger partial charge on any atom is 0.192 e. The monoisotopic (exact) mass is 268 g/mol. The smallest absolute Gasteiger partial charge is 0.192 e. The van der Waals surface area contributed by atoms with Gasteiger partial charge in [0.05, 0.1) is 4.62 Å².